The Labute approximate surface area is 75.9 Å². The van der Waals surface area contributed by atoms with Gasteiger partial charge in [-0.3, -0.25) is 4.79 Å². The highest BCUT2D eigenvalue weighted by atomic mass is 16.5. The van der Waals surface area contributed by atoms with Crippen molar-refractivity contribution in [2.45, 2.75) is 6.92 Å². The van der Waals surface area contributed by atoms with E-state index in [1.165, 1.54) is 12.1 Å². The molecule has 0 saturated heterocycles. The first-order valence-electron chi connectivity index (χ1n) is 3.90. The van der Waals surface area contributed by atoms with Crippen LogP contribution in [0.4, 0.5) is 0 Å². The van der Waals surface area contributed by atoms with E-state index in [1.807, 2.05) is 6.92 Å². The van der Waals surface area contributed by atoms with Crippen molar-refractivity contribution in [2.24, 2.45) is 5.73 Å². The summed E-state index contributed by atoms with van der Waals surface area (Å²) in [4.78, 5) is 10.7. The fourth-order valence-electron chi connectivity index (χ4n) is 0.976. The molecule has 13 heavy (non-hydrogen) atoms. The molecule has 1 rings (SSSR count). The third-order valence-electron chi connectivity index (χ3n) is 1.55. The van der Waals surface area contributed by atoms with Crippen molar-refractivity contribution in [2.75, 3.05) is 6.61 Å². The highest BCUT2D eigenvalue weighted by Crippen LogP contribution is 2.22. The Kier molecular flexibility index (Phi) is 2.74. The molecule has 4 nitrogen and oxygen atoms in total. The van der Waals surface area contributed by atoms with Gasteiger partial charge in [-0.1, -0.05) is 0 Å². The molecule has 4 heteroatoms. The van der Waals surface area contributed by atoms with Crippen molar-refractivity contribution >= 4 is 5.91 Å². The van der Waals surface area contributed by atoms with E-state index in [9.17, 15) is 9.90 Å². The Hall–Kier alpha value is -1.71. The van der Waals surface area contributed by atoms with E-state index in [0.29, 0.717) is 12.4 Å². The van der Waals surface area contributed by atoms with Crippen molar-refractivity contribution in [3.63, 3.8) is 0 Å². The number of hydrogen-bond acceptors (Lipinski definition) is 3. The number of carbonyl (C=O) groups is 1. The third kappa shape index (κ3) is 2.11. The number of hydrogen-bond donors (Lipinski definition) is 2. The van der Waals surface area contributed by atoms with Crippen LogP contribution in [0.5, 0.6) is 11.5 Å². The normalized spacial score (nSPS) is 9.62. The number of ether oxygens (including phenoxy) is 1. The molecule has 0 aromatic heterocycles. The lowest BCUT2D eigenvalue weighted by Crippen LogP contribution is -2.10. The van der Waals surface area contributed by atoms with Gasteiger partial charge in [0.2, 0.25) is 0 Å². The fraction of sp³-hybridized carbons (Fsp3) is 0.222. The molecule has 0 saturated carbocycles. The smallest absolute Gasteiger partial charge is 0.252 e. The molecule has 0 heterocycles. The van der Waals surface area contributed by atoms with Crippen LogP contribution in [0.1, 0.15) is 17.3 Å². The number of carbonyl (C=O) groups excluding carboxylic acids is 1. The van der Waals surface area contributed by atoms with Crippen molar-refractivity contribution in [3.8, 4) is 11.5 Å². The Morgan fingerprint density at radius 1 is 1.62 bits per heavy atom. The first-order valence-corrected chi connectivity index (χ1v) is 3.90. The molecular weight excluding hydrogens is 170 g/mol. The van der Waals surface area contributed by atoms with Gasteiger partial charge < -0.3 is 15.6 Å². The van der Waals surface area contributed by atoms with E-state index in [-0.39, 0.29) is 11.3 Å². The average Bonchev–Trinajstić information content (AvgIpc) is 2.04. The lowest BCUT2D eigenvalue weighted by molar-refractivity contribution is 0.0997. The van der Waals surface area contributed by atoms with Crippen LogP contribution in [0.2, 0.25) is 0 Å². The molecule has 0 aliphatic heterocycles. The van der Waals surface area contributed by atoms with Crippen molar-refractivity contribution in [3.05, 3.63) is 23.8 Å². The summed E-state index contributed by atoms with van der Waals surface area (Å²) in [6.45, 7) is 2.34. The molecule has 0 aliphatic rings. The van der Waals surface area contributed by atoms with Gasteiger partial charge in [0.15, 0.2) is 0 Å². The number of nitrogens with two attached hydrogens (primary N) is 1. The molecule has 1 amide bonds. The van der Waals surface area contributed by atoms with E-state index in [4.69, 9.17) is 10.5 Å². The highest BCUT2D eigenvalue weighted by Gasteiger charge is 2.07. The molecule has 0 atom stereocenters. The Balaban J connectivity index is 2.98. The predicted octanol–water partition coefficient (Wildman–Crippen LogP) is 0.890. The maximum atomic E-state index is 10.7. The molecule has 1 aromatic carbocycles. The van der Waals surface area contributed by atoms with Gasteiger partial charge in [0.1, 0.15) is 11.5 Å². The molecular formula is C9H11NO3. The topological polar surface area (TPSA) is 72.5 Å². The first-order chi connectivity index (χ1) is 6.15. The quantitative estimate of drug-likeness (QED) is 0.727. The van der Waals surface area contributed by atoms with E-state index in [1.54, 1.807) is 6.07 Å². The lowest BCUT2D eigenvalue weighted by atomic mass is 10.2. The lowest BCUT2D eigenvalue weighted by Gasteiger charge is -2.04. The van der Waals surface area contributed by atoms with Crippen LogP contribution in [-0.4, -0.2) is 17.6 Å². The largest absolute Gasteiger partial charge is 0.507 e. The monoisotopic (exact) mass is 181 g/mol. The van der Waals surface area contributed by atoms with E-state index >= 15 is 0 Å². The zero-order chi connectivity index (χ0) is 9.84. The summed E-state index contributed by atoms with van der Waals surface area (Å²) in [5.74, 6) is -0.288. The molecule has 0 radical (unpaired) electrons. The summed E-state index contributed by atoms with van der Waals surface area (Å²) < 4.78 is 5.11. The van der Waals surface area contributed by atoms with Gasteiger partial charge in [-0.05, 0) is 19.1 Å². The predicted molar refractivity (Wildman–Crippen MR) is 47.8 cm³/mol. The molecule has 0 aliphatic carbocycles. The Bertz CT molecular complexity index is 323. The van der Waals surface area contributed by atoms with Gasteiger partial charge in [-0.15, -0.1) is 0 Å². The van der Waals surface area contributed by atoms with Gasteiger partial charge >= 0.3 is 0 Å². The van der Waals surface area contributed by atoms with Crippen LogP contribution in [0.15, 0.2) is 18.2 Å². The maximum Gasteiger partial charge on any atom is 0.252 e. The van der Waals surface area contributed by atoms with Crippen LogP contribution < -0.4 is 10.5 Å². The highest BCUT2D eigenvalue weighted by molar-refractivity contribution is 5.95. The van der Waals surface area contributed by atoms with Gasteiger partial charge in [0.25, 0.3) is 5.91 Å². The van der Waals surface area contributed by atoms with Gasteiger partial charge in [-0.25, -0.2) is 0 Å². The maximum absolute atomic E-state index is 10.7. The minimum atomic E-state index is -0.652. The van der Waals surface area contributed by atoms with Crippen molar-refractivity contribution in [1.82, 2.24) is 0 Å². The summed E-state index contributed by atoms with van der Waals surface area (Å²) in [5.41, 5.74) is 5.10. The Morgan fingerprint density at radius 2 is 2.31 bits per heavy atom. The summed E-state index contributed by atoms with van der Waals surface area (Å²) in [5, 5.41) is 9.31. The minimum Gasteiger partial charge on any atom is -0.507 e. The number of benzene rings is 1. The molecule has 0 unspecified atom stereocenters. The number of primary amides is 1. The van der Waals surface area contributed by atoms with E-state index < -0.39 is 5.91 Å². The van der Waals surface area contributed by atoms with Crippen LogP contribution in [0.3, 0.4) is 0 Å². The second-order valence-electron chi connectivity index (χ2n) is 2.48. The van der Waals surface area contributed by atoms with Crippen LogP contribution in [0, 0.1) is 0 Å². The molecule has 0 spiro atoms. The van der Waals surface area contributed by atoms with Crippen molar-refractivity contribution < 1.29 is 14.6 Å². The third-order valence-corrected chi connectivity index (χ3v) is 1.55. The molecule has 1 aromatic rings. The summed E-state index contributed by atoms with van der Waals surface area (Å²) in [6.07, 6.45) is 0. The first kappa shape index (κ1) is 9.38. The second kappa shape index (κ2) is 3.80. The zero-order valence-electron chi connectivity index (χ0n) is 7.28. The van der Waals surface area contributed by atoms with Crippen LogP contribution in [-0.2, 0) is 0 Å². The SMILES string of the molecule is CCOc1ccc(C(N)=O)c(O)c1. The van der Waals surface area contributed by atoms with Gasteiger partial charge in [0.05, 0.1) is 12.2 Å². The zero-order valence-corrected chi connectivity index (χ0v) is 7.28. The number of rotatable bonds is 3. The standard InChI is InChI=1S/C9H11NO3/c1-2-13-6-3-4-7(9(10)12)8(11)5-6/h3-5,11H,2H2,1H3,(H2,10,12). The summed E-state index contributed by atoms with van der Waals surface area (Å²) in [7, 11) is 0. The van der Waals surface area contributed by atoms with Gasteiger partial charge in [0, 0.05) is 6.07 Å². The molecule has 0 fully saturated rings. The molecule has 3 N–H and O–H groups in total. The average molecular weight is 181 g/mol. The van der Waals surface area contributed by atoms with E-state index in [2.05, 4.69) is 0 Å². The summed E-state index contributed by atoms with van der Waals surface area (Å²) in [6, 6.07) is 4.38. The minimum absolute atomic E-state index is 0.100. The van der Waals surface area contributed by atoms with Crippen LogP contribution in [0.25, 0.3) is 0 Å². The number of aromatic hydroxyl groups is 1. The molecule has 0 bridgehead atoms. The van der Waals surface area contributed by atoms with Crippen LogP contribution >= 0.6 is 0 Å². The summed E-state index contributed by atoms with van der Waals surface area (Å²) >= 11 is 0. The molecule has 70 valence electrons. The Morgan fingerprint density at radius 3 is 2.77 bits per heavy atom. The van der Waals surface area contributed by atoms with E-state index in [0.717, 1.165) is 0 Å². The second-order valence-corrected chi connectivity index (χ2v) is 2.48. The van der Waals surface area contributed by atoms with Crippen molar-refractivity contribution in [1.29, 1.82) is 0 Å². The number of phenols is 1. The number of amides is 1. The van der Waals surface area contributed by atoms with Gasteiger partial charge in [-0.2, -0.15) is 0 Å². The fourth-order valence-corrected chi connectivity index (χ4v) is 0.976.